The lowest BCUT2D eigenvalue weighted by molar-refractivity contribution is -0.139. The number of H-pyrrole nitrogens is 1. The van der Waals surface area contributed by atoms with Gasteiger partial charge in [-0.25, -0.2) is 9.78 Å². The molecule has 0 aliphatic heterocycles. The van der Waals surface area contributed by atoms with Gasteiger partial charge in [0.25, 0.3) is 5.91 Å². The first kappa shape index (κ1) is 14.7. The Morgan fingerprint density at radius 1 is 1.57 bits per heavy atom. The highest BCUT2D eigenvalue weighted by Crippen LogP contribution is 2.06. The number of imidazole rings is 1. The van der Waals surface area contributed by atoms with Crippen LogP contribution in [0.2, 0.25) is 0 Å². The van der Waals surface area contributed by atoms with Gasteiger partial charge in [0.05, 0.1) is 6.33 Å². The van der Waals surface area contributed by atoms with E-state index in [-0.39, 0.29) is 18.7 Å². The van der Waals surface area contributed by atoms with Crippen LogP contribution in [-0.2, 0) is 22.6 Å². The quantitative estimate of drug-likeness (QED) is 0.653. The summed E-state index contributed by atoms with van der Waals surface area (Å²) in [5.41, 5.74) is 0.598. The number of carboxylic acids is 1. The van der Waals surface area contributed by atoms with Crippen LogP contribution in [0.3, 0.4) is 0 Å². The van der Waals surface area contributed by atoms with E-state index in [1.165, 1.54) is 25.7 Å². The van der Waals surface area contributed by atoms with E-state index in [4.69, 9.17) is 14.4 Å². The van der Waals surface area contributed by atoms with Gasteiger partial charge in [0, 0.05) is 31.5 Å². The van der Waals surface area contributed by atoms with Crippen LogP contribution >= 0.6 is 0 Å². The molecule has 0 unspecified atom stereocenters. The lowest BCUT2D eigenvalue weighted by atomic mass is 10.1. The van der Waals surface area contributed by atoms with Gasteiger partial charge in [-0.05, 0) is 0 Å². The third-order valence-electron chi connectivity index (χ3n) is 2.66. The van der Waals surface area contributed by atoms with Gasteiger partial charge >= 0.3 is 5.97 Å². The Morgan fingerprint density at radius 2 is 2.38 bits per heavy atom. The predicted octanol–water partition coefficient (Wildman–Crippen LogP) is -0.0302. The number of methoxy groups -OCH3 is 1. The second kappa shape index (κ2) is 6.66. The lowest BCUT2D eigenvalue weighted by Gasteiger charge is -2.12. The minimum Gasteiger partial charge on any atom is -0.480 e. The number of rotatable bonds is 7. The summed E-state index contributed by atoms with van der Waals surface area (Å²) in [7, 11) is 1.48. The number of nitrogens with zero attached hydrogens (tertiary/aromatic N) is 2. The minimum atomic E-state index is -1.15. The summed E-state index contributed by atoms with van der Waals surface area (Å²) in [6.45, 7) is 0.177. The van der Waals surface area contributed by atoms with Crippen LogP contribution in [-0.4, -0.2) is 45.3 Å². The SMILES string of the molecule is COCc1cc(C(=O)N[C@@H](Cc2cnc[nH]2)C(=O)O)no1. The predicted molar refractivity (Wildman–Crippen MR) is 68.4 cm³/mol. The number of hydrogen-bond donors (Lipinski definition) is 3. The zero-order valence-corrected chi connectivity index (χ0v) is 11.2. The third kappa shape index (κ3) is 3.89. The molecule has 0 saturated heterocycles. The summed E-state index contributed by atoms with van der Waals surface area (Å²) in [6.07, 6.45) is 3.02. The lowest BCUT2D eigenvalue weighted by Crippen LogP contribution is -2.42. The standard InChI is InChI=1S/C12H14N4O5/c1-20-5-8-3-9(16-21-8)11(17)15-10(12(18)19)2-7-4-13-6-14-7/h3-4,6,10H,2,5H2,1H3,(H,13,14)(H,15,17)(H,18,19)/t10-/m0/s1. The highest BCUT2D eigenvalue weighted by molar-refractivity contribution is 5.94. The molecule has 0 radical (unpaired) electrons. The van der Waals surface area contributed by atoms with Crippen molar-refractivity contribution in [1.29, 1.82) is 0 Å². The van der Waals surface area contributed by atoms with E-state index < -0.39 is 17.9 Å². The molecule has 0 aliphatic carbocycles. The van der Waals surface area contributed by atoms with Gasteiger partial charge < -0.3 is 24.7 Å². The first-order valence-electron chi connectivity index (χ1n) is 6.05. The molecule has 1 atom stereocenters. The summed E-state index contributed by atoms with van der Waals surface area (Å²) in [4.78, 5) is 29.7. The van der Waals surface area contributed by atoms with Crippen molar-refractivity contribution in [3.05, 3.63) is 35.7 Å². The third-order valence-corrected chi connectivity index (χ3v) is 2.66. The summed E-state index contributed by atoms with van der Waals surface area (Å²) in [6, 6.07) is 0.300. The number of aromatic amines is 1. The Kier molecular flexibility index (Phi) is 4.67. The van der Waals surface area contributed by atoms with Crippen molar-refractivity contribution in [2.24, 2.45) is 0 Å². The fourth-order valence-electron chi connectivity index (χ4n) is 1.68. The number of carbonyl (C=O) groups is 2. The normalized spacial score (nSPS) is 12.0. The molecule has 2 aromatic rings. The monoisotopic (exact) mass is 294 g/mol. The summed E-state index contributed by atoms with van der Waals surface area (Å²) >= 11 is 0. The van der Waals surface area contributed by atoms with Crippen LogP contribution in [0.15, 0.2) is 23.1 Å². The van der Waals surface area contributed by atoms with E-state index in [0.29, 0.717) is 11.5 Å². The van der Waals surface area contributed by atoms with E-state index in [1.807, 2.05) is 0 Å². The molecule has 9 heteroatoms. The van der Waals surface area contributed by atoms with E-state index in [0.717, 1.165) is 0 Å². The van der Waals surface area contributed by atoms with Crippen molar-refractivity contribution >= 4 is 11.9 Å². The zero-order valence-electron chi connectivity index (χ0n) is 11.2. The van der Waals surface area contributed by atoms with Crippen molar-refractivity contribution in [2.75, 3.05) is 7.11 Å². The maximum Gasteiger partial charge on any atom is 0.326 e. The largest absolute Gasteiger partial charge is 0.480 e. The smallest absolute Gasteiger partial charge is 0.326 e. The van der Waals surface area contributed by atoms with Crippen molar-refractivity contribution < 1.29 is 24.0 Å². The van der Waals surface area contributed by atoms with Gasteiger partial charge in [-0.15, -0.1) is 0 Å². The molecular formula is C12H14N4O5. The van der Waals surface area contributed by atoms with Crippen LogP contribution in [0.25, 0.3) is 0 Å². The Labute approximate surface area is 119 Å². The number of carbonyl (C=O) groups excluding carboxylic acids is 1. The Balaban J connectivity index is 2.01. The van der Waals surface area contributed by atoms with E-state index in [9.17, 15) is 9.59 Å². The number of amides is 1. The van der Waals surface area contributed by atoms with Crippen molar-refractivity contribution in [2.45, 2.75) is 19.1 Å². The summed E-state index contributed by atoms with van der Waals surface area (Å²) in [5.74, 6) is -1.41. The number of hydrogen-bond acceptors (Lipinski definition) is 6. The molecule has 0 aliphatic rings. The summed E-state index contributed by atoms with van der Waals surface area (Å²) < 4.78 is 9.71. The van der Waals surface area contributed by atoms with Crippen LogP contribution in [0.1, 0.15) is 21.9 Å². The molecule has 0 bridgehead atoms. The molecule has 1 amide bonds. The highest BCUT2D eigenvalue weighted by atomic mass is 16.5. The number of aromatic nitrogens is 3. The Morgan fingerprint density at radius 3 is 3.00 bits per heavy atom. The fourth-order valence-corrected chi connectivity index (χ4v) is 1.68. The zero-order chi connectivity index (χ0) is 15.2. The molecule has 3 N–H and O–H groups in total. The number of ether oxygens (including phenoxy) is 1. The molecule has 2 rings (SSSR count). The second-order valence-electron chi connectivity index (χ2n) is 4.26. The van der Waals surface area contributed by atoms with Gasteiger partial charge in [0.2, 0.25) is 0 Å². The van der Waals surface area contributed by atoms with Gasteiger partial charge in [-0.3, -0.25) is 4.79 Å². The highest BCUT2D eigenvalue weighted by Gasteiger charge is 2.23. The molecule has 0 spiro atoms. The van der Waals surface area contributed by atoms with E-state index in [2.05, 4.69) is 20.4 Å². The van der Waals surface area contributed by atoms with Crippen LogP contribution < -0.4 is 5.32 Å². The number of aliphatic carboxylic acids is 1. The second-order valence-corrected chi connectivity index (χ2v) is 4.26. The van der Waals surface area contributed by atoms with Crippen molar-refractivity contribution in [3.63, 3.8) is 0 Å². The van der Waals surface area contributed by atoms with Gasteiger partial charge in [-0.2, -0.15) is 0 Å². The molecule has 9 nitrogen and oxygen atoms in total. The number of nitrogens with one attached hydrogen (secondary N) is 2. The fraction of sp³-hybridized carbons (Fsp3) is 0.333. The average molecular weight is 294 g/mol. The molecule has 2 heterocycles. The minimum absolute atomic E-state index is 0.00193. The average Bonchev–Trinajstić information content (AvgIpc) is 3.09. The van der Waals surface area contributed by atoms with Crippen LogP contribution in [0.4, 0.5) is 0 Å². The van der Waals surface area contributed by atoms with E-state index in [1.54, 1.807) is 0 Å². The van der Waals surface area contributed by atoms with Crippen molar-refractivity contribution in [1.82, 2.24) is 20.4 Å². The molecule has 0 fully saturated rings. The topological polar surface area (TPSA) is 130 Å². The van der Waals surface area contributed by atoms with Gasteiger partial charge in [0.1, 0.15) is 12.6 Å². The van der Waals surface area contributed by atoms with Crippen LogP contribution in [0, 0.1) is 0 Å². The summed E-state index contributed by atoms with van der Waals surface area (Å²) in [5, 5.41) is 15.1. The molecule has 2 aromatic heterocycles. The molecule has 112 valence electrons. The Hall–Kier alpha value is -2.68. The Bertz CT molecular complexity index is 607. The van der Waals surface area contributed by atoms with E-state index >= 15 is 0 Å². The van der Waals surface area contributed by atoms with Crippen molar-refractivity contribution in [3.8, 4) is 0 Å². The first-order chi connectivity index (χ1) is 10.1. The maximum absolute atomic E-state index is 11.9. The molecule has 0 saturated carbocycles. The van der Waals surface area contributed by atoms with Gasteiger partial charge in [-0.1, -0.05) is 5.16 Å². The maximum atomic E-state index is 11.9. The molecule has 21 heavy (non-hydrogen) atoms. The molecule has 0 aromatic carbocycles. The first-order valence-corrected chi connectivity index (χ1v) is 6.05. The number of carboxylic acid groups (broad SMARTS) is 1. The molecular weight excluding hydrogens is 280 g/mol. The van der Waals surface area contributed by atoms with Crippen LogP contribution in [0.5, 0.6) is 0 Å². The van der Waals surface area contributed by atoms with Gasteiger partial charge in [0.15, 0.2) is 11.5 Å².